The van der Waals surface area contributed by atoms with Crippen molar-refractivity contribution < 1.29 is 85.7 Å². The van der Waals surface area contributed by atoms with Crippen molar-refractivity contribution in [3.05, 3.63) is 93.0 Å². The Bertz CT molecular complexity index is 2760. The van der Waals surface area contributed by atoms with E-state index in [0.717, 1.165) is 30.7 Å². The number of imide groups is 2. The monoisotopic (exact) mass is 1280 g/mol. The van der Waals surface area contributed by atoms with Gasteiger partial charge in [-0.2, -0.15) is 0 Å². The van der Waals surface area contributed by atoms with Gasteiger partial charge < -0.3 is 58.8 Å². The topological polar surface area (TPSA) is 287 Å². The molecule has 22 nitrogen and oxygen atoms in total. The molecule has 0 saturated heterocycles. The normalized spacial score (nSPS) is 13.7. The van der Waals surface area contributed by atoms with Crippen LogP contribution in [-0.2, 0) is 47.4 Å². The molecule has 0 saturated carbocycles. The van der Waals surface area contributed by atoms with E-state index in [1.54, 1.807) is 38.5 Å². The lowest BCUT2D eigenvalue weighted by Crippen LogP contribution is -2.44. The summed E-state index contributed by atoms with van der Waals surface area (Å²) >= 11 is 0. The Labute approximate surface area is 542 Å². The lowest BCUT2D eigenvalue weighted by atomic mass is 9.86. The van der Waals surface area contributed by atoms with Gasteiger partial charge in [-0.1, -0.05) is 129 Å². The number of rotatable bonds is 44. The molecule has 508 valence electrons. The van der Waals surface area contributed by atoms with Crippen LogP contribution in [0, 0.1) is 0 Å². The van der Waals surface area contributed by atoms with E-state index in [2.05, 4.69) is 23.3 Å². The van der Waals surface area contributed by atoms with E-state index in [9.17, 15) is 38.4 Å². The Morgan fingerprint density at radius 3 is 0.848 bits per heavy atom. The molecular weight excluding hydrogens is 1180 g/mol. The largest absolute Gasteiger partial charge is 0.386 e. The van der Waals surface area contributed by atoms with Crippen LogP contribution in [0.1, 0.15) is 225 Å². The number of nitrogens with two attached hydrogens (primary N) is 2. The van der Waals surface area contributed by atoms with Crippen molar-refractivity contribution in [2.24, 2.45) is 11.5 Å². The second-order valence-corrected chi connectivity index (χ2v) is 22.6. The summed E-state index contributed by atoms with van der Waals surface area (Å²) < 4.78 is 50.9. The third-order valence-electron chi connectivity index (χ3n) is 15.8. The van der Waals surface area contributed by atoms with Crippen molar-refractivity contribution in [3.63, 3.8) is 0 Å². The predicted octanol–water partition coefficient (Wildman–Crippen LogP) is 10.6. The summed E-state index contributed by atoms with van der Waals surface area (Å²) in [5.41, 5.74) is 12.6. The molecule has 0 radical (unpaired) electrons. The molecule has 4 N–H and O–H groups in total. The highest BCUT2D eigenvalue weighted by atomic mass is 16.6. The summed E-state index contributed by atoms with van der Waals surface area (Å²) in [5.74, 6) is -4.84. The average Bonchev–Trinajstić information content (AvgIpc) is 0.727. The van der Waals surface area contributed by atoms with E-state index in [4.69, 9.17) is 49.4 Å². The zero-order chi connectivity index (χ0) is 66.3. The first-order valence-electron chi connectivity index (χ1n) is 33.2. The summed E-state index contributed by atoms with van der Waals surface area (Å²) in [4.78, 5) is 103. The quantitative estimate of drug-likeness (QED) is 0.0180. The van der Waals surface area contributed by atoms with Crippen molar-refractivity contribution in [2.75, 3.05) is 133 Å². The molecule has 4 aliphatic rings. The van der Waals surface area contributed by atoms with Crippen LogP contribution in [0.15, 0.2) is 48.5 Å². The fourth-order valence-corrected chi connectivity index (χ4v) is 10.9. The molecule has 4 aromatic rings. The zero-order valence-electron chi connectivity index (χ0n) is 54.9. The van der Waals surface area contributed by atoms with Crippen molar-refractivity contribution >= 4 is 69.1 Å². The van der Waals surface area contributed by atoms with Gasteiger partial charge in [0, 0.05) is 71.1 Å². The van der Waals surface area contributed by atoms with E-state index in [1.165, 1.54) is 138 Å². The number of carbonyl (C=O) groups excluding carboxylic acids is 8. The molecule has 22 heteroatoms. The molecule has 0 fully saturated rings. The van der Waals surface area contributed by atoms with Crippen LogP contribution >= 0.6 is 0 Å². The number of unbranched alkanes of at least 4 members (excludes halogenated alkanes) is 18. The van der Waals surface area contributed by atoms with Crippen molar-refractivity contribution in [1.82, 2.24) is 9.80 Å². The van der Waals surface area contributed by atoms with E-state index < -0.39 is 35.7 Å². The molecule has 4 amide bonds. The molecule has 92 heavy (non-hydrogen) atoms. The third kappa shape index (κ3) is 23.5. The minimum Gasteiger partial charge on any atom is -0.386 e. The lowest BCUT2D eigenvalue weighted by Gasteiger charge is -2.32. The highest BCUT2D eigenvalue weighted by Crippen LogP contribution is 2.39. The number of carbonyl (C=O) groups is 8. The minimum absolute atomic E-state index is 0.0761. The summed E-state index contributed by atoms with van der Waals surface area (Å²) in [5, 5.41) is 1.33. The van der Waals surface area contributed by atoms with Gasteiger partial charge in [0.15, 0.2) is 0 Å². The van der Waals surface area contributed by atoms with E-state index >= 15 is 0 Å². The molecular formula is C70H100N4O18. The van der Waals surface area contributed by atoms with Gasteiger partial charge in [0.25, 0.3) is 23.6 Å². The van der Waals surface area contributed by atoms with Crippen LogP contribution < -0.4 is 11.5 Å². The maximum atomic E-state index is 13.5. The first kappa shape index (κ1) is 76.3. The van der Waals surface area contributed by atoms with Crippen molar-refractivity contribution in [1.29, 1.82) is 0 Å². The van der Waals surface area contributed by atoms with Gasteiger partial charge >= 0.3 is 23.9 Å². The SMILES string of the molecule is CCCCCCCCCCCCN.CCCCCCCCCCCCN1C(=O)c2ccc3c4c(ccc(c24)C1=O)C(=O)N(CCOCCOCCOCCOC)C3=O.COCCOCCOCCOCCN.O=C1OC(=O)c2ccc3c4c(ccc1c24)C(=O)OC3=O. The summed E-state index contributed by atoms with van der Waals surface area (Å²) in [6.07, 6.45) is 25.6. The van der Waals surface area contributed by atoms with Crippen LogP contribution in [-0.4, -0.2) is 190 Å². The Morgan fingerprint density at radius 1 is 0.293 bits per heavy atom. The molecule has 0 aromatic heterocycles. The van der Waals surface area contributed by atoms with Gasteiger partial charge in [-0.25, -0.2) is 19.2 Å². The smallest absolute Gasteiger partial charge is 0.346 e. The van der Waals surface area contributed by atoms with Gasteiger partial charge in [0.2, 0.25) is 0 Å². The minimum atomic E-state index is -0.794. The van der Waals surface area contributed by atoms with Crippen molar-refractivity contribution in [3.8, 4) is 0 Å². The maximum Gasteiger partial charge on any atom is 0.346 e. The number of hydrogen-bond acceptors (Lipinski definition) is 20. The second-order valence-electron chi connectivity index (χ2n) is 22.6. The number of hydrogen-bond donors (Lipinski definition) is 2. The molecule has 8 rings (SSSR count). The molecule has 0 aliphatic carbocycles. The number of amides is 4. The first-order valence-corrected chi connectivity index (χ1v) is 33.2. The number of nitrogens with zero attached hydrogens (tertiary/aromatic N) is 2. The van der Waals surface area contributed by atoms with Crippen LogP contribution in [0.4, 0.5) is 0 Å². The number of benzene rings is 4. The number of cyclic esters (lactones) is 4. The van der Waals surface area contributed by atoms with Gasteiger partial charge in [-0.3, -0.25) is 29.0 Å². The lowest BCUT2D eigenvalue weighted by molar-refractivity contribution is 0.00148. The molecule has 0 unspecified atom stereocenters. The summed E-state index contributed by atoms with van der Waals surface area (Å²) in [6.45, 7) is 13.3. The fourth-order valence-electron chi connectivity index (χ4n) is 10.9. The van der Waals surface area contributed by atoms with Gasteiger partial charge in [-0.05, 0) is 67.9 Å². The summed E-state index contributed by atoms with van der Waals surface area (Å²) in [6, 6.07) is 12.0. The molecule has 4 heterocycles. The summed E-state index contributed by atoms with van der Waals surface area (Å²) in [7, 11) is 3.26. The van der Waals surface area contributed by atoms with Gasteiger partial charge in [0.05, 0.1) is 121 Å². The molecule has 0 spiro atoms. The van der Waals surface area contributed by atoms with Crippen LogP contribution in [0.25, 0.3) is 21.5 Å². The van der Waals surface area contributed by atoms with Gasteiger partial charge in [-0.15, -0.1) is 0 Å². The van der Waals surface area contributed by atoms with Crippen molar-refractivity contribution in [2.45, 2.75) is 142 Å². The highest BCUT2D eigenvalue weighted by Gasteiger charge is 2.40. The average molecular weight is 1290 g/mol. The van der Waals surface area contributed by atoms with Crippen LogP contribution in [0.2, 0.25) is 0 Å². The van der Waals surface area contributed by atoms with E-state index in [-0.39, 0.29) is 58.0 Å². The number of ether oxygens (including phenoxy) is 10. The maximum absolute atomic E-state index is 13.5. The molecule has 0 atom stereocenters. The van der Waals surface area contributed by atoms with E-state index in [0.29, 0.717) is 132 Å². The fraction of sp³-hybridized carbons (Fsp3) is 0.600. The Balaban J connectivity index is 0.000000265. The highest BCUT2D eigenvalue weighted by molar-refractivity contribution is 6.33. The second kappa shape index (κ2) is 44.2. The molecule has 4 aliphatic heterocycles. The van der Waals surface area contributed by atoms with E-state index in [1.807, 2.05) is 0 Å². The van der Waals surface area contributed by atoms with Crippen LogP contribution in [0.5, 0.6) is 0 Å². The van der Waals surface area contributed by atoms with Gasteiger partial charge in [0.1, 0.15) is 0 Å². The molecule has 0 bridgehead atoms. The Morgan fingerprint density at radius 2 is 0.543 bits per heavy atom. The zero-order valence-corrected chi connectivity index (χ0v) is 54.9. The molecule has 4 aromatic carbocycles. The first-order chi connectivity index (χ1) is 44.9. The standard InChI is InChI=1S/C35H48N2O8.C14H4O6.C12H27N.C9H21NO4/c1-3-4-5-6-7-8-9-10-11-12-17-36-32(38)26-13-15-28-31-29(16-14-27(30(26)31)33(36)39)35(41)37(34(28)40)18-19-43-22-23-45-25-24-44-21-20-42-2;15-11-5-1-2-6-10-8(14(18)20-12(6)16)4-3-7(9(5)10)13(17)19-11;1-2-3-4-5-6-7-8-9-10-11-12-13;1-11-4-5-13-8-9-14-7-6-12-3-2-10/h13-16H,3-12,17-25H2,1-2H3;1-4H;2-13H2,1H3;2-10H2,1H3. The Hall–Kier alpha value is -6.44. The number of methoxy groups -OCH3 is 2. The number of esters is 4. The Kier molecular flexibility index (Phi) is 36.7. The van der Waals surface area contributed by atoms with Crippen LogP contribution in [0.3, 0.4) is 0 Å². The third-order valence-corrected chi connectivity index (χ3v) is 15.8. The predicted molar refractivity (Wildman–Crippen MR) is 349 cm³/mol.